The molecular weight excluding hydrogens is 378 g/mol. The van der Waals surface area contributed by atoms with Crippen LogP contribution in [0, 0.1) is 10.1 Å². The molecule has 0 unspecified atom stereocenters. The van der Waals surface area contributed by atoms with E-state index in [0.29, 0.717) is 12.1 Å². The summed E-state index contributed by atoms with van der Waals surface area (Å²) in [6.07, 6.45) is 1.63. The third-order valence-electron chi connectivity index (χ3n) is 4.99. The molecule has 142 valence electrons. The number of thiophene rings is 1. The van der Waals surface area contributed by atoms with Gasteiger partial charge < -0.3 is 9.88 Å². The predicted molar refractivity (Wildman–Crippen MR) is 108 cm³/mol. The number of imidazole rings is 1. The van der Waals surface area contributed by atoms with Crippen LogP contribution in [0.15, 0.2) is 36.0 Å². The summed E-state index contributed by atoms with van der Waals surface area (Å²) in [4.78, 5) is 31.8. The SMILES string of the molecule is O=[N+]([O-])c1ccc2nc(CN3CCN(c4ncnc5ccsc45)CC3)[nH]c2c1. The molecule has 0 amide bonds. The highest BCUT2D eigenvalue weighted by molar-refractivity contribution is 7.17. The summed E-state index contributed by atoms with van der Waals surface area (Å²) in [7, 11) is 0. The number of hydrogen-bond donors (Lipinski definition) is 1. The van der Waals surface area contributed by atoms with Gasteiger partial charge in [0.1, 0.15) is 18.0 Å². The molecule has 1 saturated heterocycles. The second-order valence-corrected chi connectivity index (χ2v) is 7.65. The minimum Gasteiger partial charge on any atom is -0.353 e. The van der Waals surface area contributed by atoms with Gasteiger partial charge in [-0.3, -0.25) is 15.0 Å². The van der Waals surface area contributed by atoms with Crippen LogP contribution in [0.5, 0.6) is 0 Å². The number of piperazine rings is 1. The molecule has 1 N–H and O–H groups in total. The molecule has 10 heteroatoms. The van der Waals surface area contributed by atoms with Crippen LogP contribution in [-0.4, -0.2) is 55.9 Å². The third-order valence-corrected chi connectivity index (χ3v) is 5.89. The molecule has 1 fully saturated rings. The molecule has 0 atom stereocenters. The van der Waals surface area contributed by atoms with Gasteiger partial charge in [0.15, 0.2) is 0 Å². The second kappa shape index (κ2) is 6.80. The molecule has 0 spiro atoms. The van der Waals surface area contributed by atoms with Crippen LogP contribution in [0.1, 0.15) is 5.82 Å². The normalized spacial score (nSPS) is 15.5. The number of anilines is 1. The van der Waals surface area contributed by atoms with E-state index >= 15 is 0 Å². The number of aromatic nitrogens is 4. The minimum absolute atomic E-state index is 0.0704. The molecule has 28 heavy (non-hydrogen) atoms. The lowest BCUT2D eigenvalue weighted by molar-refractivity contribution is -0.384. The zero-order valence-electron chi connectivity index (χ0n) is 14.9. The van der Waals surface area contributed by atoms with Crippen molar-refractivity contribution in [3.05, 3.63) is 51.9 Å². The molecule has 1 aromatic carbocycles. The molecule has 1 aliphatic rings. The average Bonchev–Trinajstić information content (AvgIpc) is 3.34. The molecule has 9 nitrogen and oxygen atoms in total. The summed E-state index contributed by atoms with van der Waals surface area (Å²) in [6.45, 7) is 4.25. The van der Waals surface area contributed by atoms with Crippen molar-refractivity contribution >= 4 is 44.1 Å². The van der Waals surface area contributed by atoms with Crippen LogP contribution in [0.2, 0.25) is 0 Å². The number of aromatic amines is 1. The molecular formula is C18H17N7O2S. The number of rotatable bonds is 4. The lowest BCUT2D eigenvalue weighted by atomic mass is 10.3. The van der Waals surface area contributed by atoms with E-state index in [1.165, 1.54) is 12.1 Å². The molecule has 1 aliphatic heterocycles. The van der Waals surface area contributed by atoms with Crippen LogP contribution >= 0.6 is 11.3 Å². The number of nitrogens with one attached hydrogen (secondary N) is 1. The van der Waals surface area contributed by atoms with Gasteiger partial charge in [-0.2, -0.15) is 0 Å². The maximum atomic E-state index is 10.9. The quantitative estimate of drug-likeness (QED) is 0.418. The van der Waals surface area contributed by atoms with Crippen molar-refractivity contribution in [2.45, 2.75) is 6.54 Å². The highest BCUT2D eigenvalue weighted by atomic mass is 32.1. The number of non-ortho nitro benzene ring substituents is 1. The van der Waals surface area contributed by atoms with Crippen molar-refractivity contribution in [3.63, 3.8) is 0 Å². The van der Waals surface area contributed by atoms with E-state index in [0.717, 1.165) is 53.6 Å². The molecule has 0 saturated carbocycles. The van der Waals surface area contributed by atoms with E-state index in [1.807, 2.05) is 11.4 Å². The summed E-state index contributed by atoms with van der Waals surface area (Å²) in [5, 5.41) is 13.0. The number of fused-ring (bicyclic) bond motifs is 2. The molecule has 0 aliphatic carbocycles. The molecule has 3 aromatic heterocycles. The number of benzene rings is 1. The first-order valence-corrected chi connectivity index (χ1v) is 9.84. The first-order valence-electron chi connectivity index (χ1n) is 8.96. The lowest BCUT2D eigenvalue weighted by Crippen LogP contribution is -2.46. The zero-order chi connectivity index (χ0) is 19.1. The molecule has 4 heterocycles. The number of nitro groups is 1. The summed E-state index contributed by atoms with van der Waals surface area (Å²) in [5.41, 5.74) is 2.51. The fourth-order valence-electron chi connectivity index (χ4n) is 3.57. The number of nitro benzene ring substituents is 1. The largest absolute Gasteiger partial charge is 0.353 e. The maximum absolute atomic E-state index is 10.9. The van der Waals surface area contributed by atoms with E-state index in [9.17, 15) is 10.1 Å². The van der Waals surface area contributed by atoms with E-state index in [4.69, 9.17) is 0 Å². The van der Waals surface area contributed by atoms with Crippen LogP contribution in [-0.2, 0) is 6.54 Å². The summed E-state index contributed by atoms with van der Waals surface area (Å²) in [5.74, 6) is 1.84. The average molecular weight is 395 g/mol. The van der Waals surface area contributed by atoms with Crippen molar-refractivity contribution in [1.29, 1.82) is 0 Å². The third kappa shape index (κ3) is 3.06. The Kier molecular flexibility index (Phi) is 4.14. The monoisotopic (exact) mass is 395 g/mol. The van der Waals surface area contributed by atoms with Crippen LogP contribution in [0.4, 0.5) is 11.5 Å². The summed E-state index contributed by atoms with van der Waals surface area (Å²) >= 11 is 1.67. The van der Waals surface area contributed by atoms with Crippen LogP contribution < -0.4 is 4.90 Å². The van der Waals surface area contributed by atoms with E-state index in [-0.39, 0.29) is 5.69 Å². The first kappa shape index (κ1) is 17.0. The number of nitrogens with zero attached hydrogens (tertiary/aromatic N) is 6. The van der Waals surface area contributed by atoms with Gasteiger partial charge in [0.25, 0.3) is 5.69 Å². The van der Waals surface area contributed by atoms with Crippen LogP contribution in [0.25, 0.3) is 21.3 Å². The standard InChI is InChI=1S/C18H17N7O2S/c26-25(27)12-1-2-13-15(9-12)22-16(21-13)10-23-4-6-24(7-5-23)18-17-14(3-8-28-17)19-11-20-18/h1-3,8-9,11H,4-7,10H2,(H,21,22). The van der Waals surface area contributed by atoms with E-state index in [1.54, 1.807) is 23.7 Å². The van der Waals surface area contributed by atoms with Gasteiger partial charge in [0.05, 0.1) is 32.7 Å². The van der Waals surface area contributed by atoms with Gasteiger partial charge in [-0.1, -0.05) is 0 Å². The zero-order valence-corrected chi connectivity index (χ0v) is 15.7. The van der Waals surface area contributed by atoms with Crippen molar-refractivity contribution in [2.24, 2.45) is 0 Å². The Morgan fingerprint density at radius 3 is 2.82 bits per heavy atom. The molecule has 0 radical (unpaired) electrons. The Hall–Kier alpha value is -3.11. The Bertz CT molecular complexity index is 1160. The predicted octanol–water partition coefficient (Wildman–Crippen LogP) is 2.80. The van der Waals surface area contributed by atoms with Gasteiger partial charge in [-0.05, 0) is 17.5 Å². The van der Waals surface area contributed by atoms with Crippen LogP contribution in [0.3, 0.4) is 0 Å². The van der Waals surface area contributed by atoms with E-state index in [2.05, 4.69) is 29.7 Å². The van der Waals surface area contributed by atoms with E-state index < -0.39 is 4.92 Å². The van der Waals surface area contributed by atoms with Crippen molar-refractivity contribution in [1.82, 2.24) is 24.8 Å². The van der Waals surface area contributed by atoms with Crippen molar-refractivity contribution < 1.29 is 4.92 Å². The van der Waals surface area contributed by atoms with Gasteiger partial charge in [0.2, 0.25) is 0 Å². The Morgan fingerprint density at radius 2 is 2.00 bits per heavy atom. The lowest BCUT2D eigenvalue weighted by Gasteiger charge is -2.35. The Morgan fingerprint density at radius 1 is 1.14 bits per heavy atom. The molecule has 0 bridgehead atoms. The van der Waals surface area contributed by atoms with Crippen molar-refractivity contribution in [3.8, 4) is 0 Å². The highest BCUT2D eigenvalue weighted by Crippen LogP contribution is 2.28. The first-order chi connectivity index (χ1) is 13.7. The van der Waals surface area contributed by atoms with Gasteiger partial charge in [0, 0.05) is 38.3 Å². The van der Waals surface area contributed by atoms with Crippen molar-refractivity contribution in [2.75, 3.05) is 31.1 Å². The Balaban J connectivity index is 1.28. The fourth-order valence-corrected chi connectivity index (χ4v) is 4.43. The summed E-state index contributed by atoms with van der Waals surface area (Å²) in [6, 6.07) is 6.73. The van der Waals surface area contributed by atoms with Gasteiger partial charge in [-0.15, -0.1) is 11.3 Å². The molecule has 5 rings (SSSR count). The second-order valence-electron chi connectivity index (χ2n) is 6.74. The number of H-pyrrole nitrogens is 1. The molecule has 4 aromatic rings. The highest BCUT2D eigenvalue weighted by Gasteiger charge is 2.21. The Labute approximate surface area is 163 Å². The summed E-state index contributed by atoms with van der Waals surface area (Å²) < 4.78 is 1.13. The smallest absolute Gasteiger partial charge is 0.271 e. The minimum atomic E-state index is -0.392. The van der Waals surface area contributed by atoms with Gasteiger partial charge in [-0.25, -0.2) is 15.0 Å². The number of hydrogen-bond acceptors (Lipinski definition) is 8. The maximum Gasteiger partial charge on any atom is 0.271 e. The topological polar surface area (TPSA) is 104 Å². The fraction of sp³-hybridized carbons (Fsp3) is 0.278. The van der Waals surface area contributed by atoms with Gasteiger partial charge >= 0.3 is 0 Å².